The molecule has 0 heterocycles. The van der Waals surface area contributed by atoms with Gasteiger partial charge in [0.1, 0.15) is 17.9 Å². The fourth-order valence-corrected chi connectivity index (χ4v) is 5.38. The fourth-order valence-electron chi connectivity index (χ4n) is 2.02. The van der Waals surface area contributed by atoms with E-state index in [0.717, 1.165) is 12.7 Å². The number of aliphatic hydroxyl groups is 1. The number of aliphatic hydroxyl groups excluding tert-OH is 1. The highest BCUT2D eigenvalue weighted by molar-refractivity contribution is 14.1. The molecule has 0 fully saturated rings. The summed E-state index contributed by atoms with van der Waals surface area (Å²) in [5.74, 6) is 0.0516. The van der Waals surface area contributed by atoms with Crippen LogP contribution < -0.4 is 10.5 Å². The number of rotatable bonds is 5. The van der Waals surface area contributed by atoms with Gasteiger partial charge in [0.25, 0.3) is 0 Å². The van der Waals surface area contributed by atoms with Crippen LogP contribution in [0.15, 0.2) is 33.6 Å². The molecule has 24 heavy (non-hydrogen) atoms. The smallest absolute Gasteiger partial charge is 0.320 e. The van der Waals surface area contributed by atoms with Gasteiger partial charge in [-0.1, -0.05) is 34.2 Å². The lowest BCUT2D eigenvalue weighted by Gasteiger charge is -2.21. The summed E-state index contributed by atoms with van der Waals surface area (Å²) >= 11 is 12.6. The van der Waals surface area contributed by atoms with Crippen LogP contribution in [0.4, 0.5) is 0 Å². The Bertz CT molecular complexity index is 700. The van der Waals surface area contributed by atoms with Crippen molar-refractivity contribution in [3.05, 3.63) is 47.8 Å². The molecule has 0 saturated carbocycles. The average Bonchev–Trinajstić information content (AvgIpc) is 2.48. The lowest BCUT2D eigenvalue weighted by Crippen LogP contribution is -2.32. The predicted molar refractivity (Wildman–Crippen MR) is 118 cm³/mol. The van der Waals surface area contributed by atoms with Gasteiger partial charge in [0, 0.05) is 3.58 Å². The van der Waals surface area contributed by atoms with Crippen molar-refractivity contribution >= 4 is 85.3 Å². The van der Waals surface area contributed by atoms with E-state index < -0.39 is 18.1 Å². The number of carboxylic acid groups (broad SMARTS) is 1. The fraction of sp³-hybridized carbons (Fsp3) is 0.267. The standard InChI is InChI=1S/C15H13ClI3NO4/c16-8-1-6(3-12(20)15(22)23)2-11(19)14(8)24-7-4-9(17)13(21)10(18)5-7/h1-2,4-5,9,12-13,21H,3,20H2,(H,22,23)/t9?,12-,13?/m0/s1. The molecule has 0 radical (unpaired) electrons. The summed E-state index contributed by atoms with van der Waals surface area (Å²) in [7, 11) is 0. The van der Waals surface area contributed by atoms with Crippen LogP contribution in [0.5, 0.6) is 5.75 Å². The van der Waals surface area contributed by atoms with Gasteiger partial charge in [-0.25, -0.2) is 0 Å². The van der Waals surface area contributed by atoms with Crippen molar-refractivity contribution in [2.75, 3.05) is 0 Å². The van der Waals surface area contributed by atoms with Crippen molar-refractivity contribution in [1.82, 2.24) is 0 Å². The number of carboxylic acids is 1. The number of allylic oxidation sites excluding steroid dienone is 1. The molecular weight excluding hydrogens is 674 g/mol. The molecule has 130 valence electrons. The van der Waals surface area contributed by atoms with E-state index in [9.17, 15) is 9.90 Å². The van der Waals surface area contributed by atoms with Gasteiger partial charge in [-0.3, -0.25) is 4.79 Å². The number of ether oxygens (including phenoxy) is 1. The van der Waals surface area contributed by atoms with E-state index in [1.54, 1.807) is 18.2 Å². The van der Waals surface area contributed by atoms with Crippen LogP contribution in [-0.2, 0) is 11.2 Å². The first kappa shape index (κ1) is 20.7. The summed E-state index contributed by atoms with van der Waals surface area (Å²) in [5, 5.41) is 19.2. The van der Waals surface area contributed by atoms with E-state index in [2.05, 4.69) is 67.8 Å². The molecule has 4 N–H and O–H groups in total. The zero-order chi connectivity index (χ0) is 18.0. The number of aliphatic carboxylic acids is 1. The number of carbonyl (C=O) groups is 1. The van der Waals surface area contributed by atoms with E-state index in [1.165, 1.54) is 0 Å². The van der Waals surface area contributed by atoms with Crippen molar-refractivity contribution in [2.45, 2.75) is 22.5 Å². The molecule has 0 aliphatic heterocycles. The van der Waals surface area contributed by atoms with E-state index >= 15 is 0 Å². The van der Waals surface area contributed by atoms with Gasteiger partial charge < -0.3 is 20.7 Å². The average molecular weight is 687 g/mol. The zero-order valence-corrected chi connectivity index (χ0v) is 19.3. The summed E-state index contributed by atoms with van der Waals surface area (Å²) in [6.45, 7) is 0. The number of halogens is 4. The second-order valence-electron chi connectivity index (χ2n) is 5.13. The molecule has 0 saturated heterocycles. The maximum Gasteiger partial charge on any atom is 0.320 e. The topological polar surface area (TPSA) is 92.8 Å². The first-order valence-corrected chi connectivity index (χ1v) is 10.5. The molecule has 0 bridgehead atoms. The van der Waals surface area contributed by atoms with Crippen LogP contribution in [0.25, 0.3) is 0 Å². The molecule has 0 aromatic heterocycles. The highest BCUT2D eigenvalue weighted by atomic mass is 127. The monoisotopic (exact) mass is 687 g/mol. The van der Waals surface area contributed by atoms with Gasteiger partial charge in [-0.05, 0) is 81.5 Å². The summed E-state index contributed by atoms with van der Waals surface area (Å²) in [5.41, 5.74) is 6.29. The summed E-state index contributed by atoms with van der Waals surface area (Å²) < 4.78 is 7.35. The van der Waals surface area contributed by atoms with Crippen LogP contribution in [0.1, 0.15) is 5.56 Å². The third kappa shape index (κ3) is 5.19. The minimum absolute atomic E-state index is 0.0845. The van der Waals surface area contributed by atoms with Gasteiger partial charge in [0.2, 0.25) is 0 Å². The van der Waals surface area contributed by atoms with Crippen molar-refractivity contribution in [3.63, 3.8) is 0 Å². The van der Waals surface area contributed by atoms with Crippen LogP contribution in [0.2, 0.25) is 5.02 Å². The summed E-state index contributed by atoms with van der Waals surface area (Å²) in [6, 6.07) is 2.49. The molecule has 5 nitrogen and oxygen atoms in total. The number of hydrogen-bond donors (Lipinski definition) is 3. The van der Waals surface area contributed by atoms with Crippen molar-refractivity contribution in [3.8, 4) is 5.75 Å². The molecule has 3 atom stereocenters. The summed E-state index contributed by atoms with van der Waals surface area (Å²) in [4.78, 5) is 10.9. The Labute approximate surface area is 185 Å². The SMILES string of the molecule is N[C@@H](Cc1cc(Cl)c(OC2=CC(I)C(O)C(I)=C2)c(I)c1)C(=O)O. The number of nitrogens with two attached hydrogens (primary N) is 1. The normalized spacial score (nSPS) is 21.8. The number of hydrogen-bond acceptors (Lipinski definition) is 4. The maximum atomic E-state index is 10.9. The first-order valence-electron chi connectivity index (χ1n) is 6.74. The van der Waals surface area contributed by atoms with Crippen LogP contribution >= 0.6 is 79.4 Å². The molecule has 1 aromatic rings. The second kappa shape index (κ2) is 8.84. The summed E-state index contributed by atoms with van der Waals surface area (Å²) in [6.07, 6.45) is 3.25. The van der Waals surface area contributed by atoms with Crippen LogP contribution in [0, 0.1) is 3.57 Å². The third-order valence-corrected chi connectivity index (χ3v) is 6.31. The molecular formula is C15H13ClI3NO4. The van der Waals surface area contributed by atoms with E-state index in [1.807, 2.05) is 6.08 Å². The number of benzene rings is 1. The lowest BCUT2D eigenvalue weighted by molar-refractivity contribution is -0.138. The maximum absolute atomic E-state index is 10.9. The van der Waals surface area contributed by atoms with E-state index in [0.29, 0.717) is 16.5 Å². The minimum atomic E-state index is -1.06. The Morgan fingerprint density at radius 3 is 2.62 bits per heavy atom. The molecule has 2 rings (SSSR count). The molecule has 9 heteroatoms. The number of alkyl halides is 1. The van der Waals surface area contributed by atoms with E-state index in [-0.39, 0.29) is 10.3 Å². The Kier molecular flexibility index (Phi) is 7.62. The van der Waals surface area contributed by atoms with Crippen LogP contribution in [0.3, 0.4) is 0 Å². The zero-order valence-electron chi connectivity index (χ0n) is 12.0. The van der Waals surface area contributed by atoms with Crippen molar-refractivity contribution < 1.29 is 19.7 Å². The third-order valence-electron chi connectivity index (χ3n) is 3.24. The largest absolute Gasteiger partial charge is 0.480 e. The Morgan fingerprint density at radius 1 is 1.42 bits per heavy atom. The lowest BCUT2D eigenvalue weighted by atomic mass is 10.1. The molecule has 1 aromatic carbocycles. The second-order valence-corrected chi connectivity index (χ2v) is 9.38. The van der Waals surface area contributed by atoms with Crippen molar-refractivity contribution in [1.29, 1.82) is 0 Å². The minimum Gasteiger partial charge on any atom is -0.480 e. The van der Waals surface area contributed by atoms with Crippen LogP contribution in [-0.4, -0.2) is 32.3 Å². The molecule has 0 amide bonds. The Hall–Kier alpha value is 0.370. The first-order chi connectivity index (χ1) is 11.2. The Balaban J connectivity index is 2.23. The predicted octanol–water partition coefficient (Wildman–Crippen LogP) is 3.66. The van der Waals surface area contributed by atoms with Gasteiger partial charge in [-0.15, -0.1) is 0 Å². The highest BCUT2D eigenvalue weighted by Crippen LogP contribution is 2.36. The Morgan fingerprint density at radius 2 is 2.08 bits per heavy atom. The van der Waals surface area contributed by atoms with Crippen molar-refractivity contribution in [2.24, 2.45) is 5.73 Å². The van der Waals surface area contributed by atoms with Gasteiger partial charge in [-0.2, -0.15) is 0 Å². The molecule has 2 unspecified atom stereocenters. The van der Waals surface area contributed by atoms with Gasteiger partial charge >= 0.3 is 5.97 Å². The van der Waals surface area contributed by atoms with E-state index in [4.69, 9.17) is 27.2 Å². The molecule has 0 spiro atoms. The molecule has 1 aliphatic rings. The highest BCUT2D eigenvalue weighted by Gasteiger charge is 2.24. The quantitative estimate of drug-likeness (QED) is 0.325. The van der Waals surface area contributed by atoms with Gasteiger partial charge in [0.15, 0.2) is 5.75 Å². The van der Waals surface area contributed by atoms with Gasteiger partial charge in [0.05, 0.1) is 12.5 Å². The molecule has 1 aliphatic carbocycles.